The van der Waals surface area contributed by atoms with Crippen LogP contribution in [0.15, 0.2) is 48.5 Å². The number of carbonyl (C=O) groups is 1. The van der Waals surface area contributed by atoms with Crippen LogP contribution in [0.3, 0.4) is 0 Å². The van der Waals surface area contributed by atoms with Gasteiger partial charge in [0.15, 0.2) is 16.4 Å². The molecule has 1 heterocycles. The van der Waals surface area contributed by atoms with E-state index >= 15 is 0 Å². The summed E-state index contributed by atoms with van der Waals surface area (Å²) in [6.07, 6.45) is 0.431. The number of hydrogen-bond acceptors (Lipinski definition) is 6. The number of sulfone groups is 1. The normalized spacial score (nSPS) is 17.5. The lowest BCUT2D eigenvalue weighted by Crippen LogP contribution is -2.43. The Bertz CT molecular complexity index is 942. The largest absolute Gasteiger partial charge is 0.497 e. The number of hydrogen-bond donors (Lipinski definition) is 0. The van der Waals surface area contributed by atoms with Crippen molar-refractivity contribution in [2.45, 2.75) is 19.0 Å². The van der Waals surface area contributed by atoms with Crippen LogP contribution in [-0.2, 0) is 21.2 Å². The molecule has 2 aromatic rings. The predicted octanol–water partition coefficient (Wildman–Crippen LogP) is 2.30. The van der Waals surface area contributed by atoms with Crippen molar-refractivity contribution in [3.05, 3.63) is 54.1 Å². The van der Waals surface area contributed by atoms with Gasteiger partial charge >= 0.3 is 0 Å². The van der Waals surface area contributed by atoms with E-state index in [0.717, 1.165) is 5.56 Å². The molecule has 0 aliphatic carbocycles. The highest BCUT2D eigenvalue weighted by Crippen LogP contribution is 2.23. The fourth-order valence-corrected chi connectivity index (χ4v) is 5.04. The molecular weight excluding hydrogens is 394 g/mol. The van der Waals surface area contributed by atoms with E-state index in [1.165, 1.54) is 0 Å². The molecule has 0 radical (unpaired) electrons. The third-order valence-electron chi connectivity index (χ3n) is 4.88. The monoisotopic (exact) mass is 419 g/mol. The lowest BCUT2D eigenvalue weighted by molar-refractivity contribution is -0.136. The summed E-state index contributed by atoms with van der Waals surface area (Å²) in [7, 11) is 0.0253. The van der Waals surface area contributed by atoms with Crippen molar-refractivity contribution in [3.8, 4) is 17.2 Å². The minimum atomic E-state index is -3.13. The summed E-state index contributed by atoms with van der Waals surface area (Å²) in [5.74, 6) is 1.73. The van der Waals surface area contributed by atoms with Crippen molar-refractivity contribution in [1.29, 1.82) is 0 Å². The van der Waals surface area contributed by atoms with Crippen LogP contribution >= 0.6 is 0 Å². The van der Waals surface area contributed by atoms with E-state index in [-0.39, 0.29) is 30.1 Å². The maximum atomic E-state index is 12.9. The molecule has 0 spiro atoms. The molecule has 1 atom stereocenters. The molecule has 1 saturated heterocycles. The van der Waals surface area contributed by atoms with Crippen LogP contribution in [0, 0.1) is 0 Å². The smallest absolute Gasteiger partial charge is 0.261 e. The zero-order valence-electron chi connectivity index (χ0n) is 16.5. The topological polar surface area (TPSA) is 82.1 Å². The van der Waals surface area contributed by atoms with E-state index in [2.05, 4.69) is 0 Å². The number of rotatable bonds is 8. The van der Waals surface area contributed by atoms with Crippen molar-refractivity contribution in [2.75, 3.05) is 32.3 Å². The van der Waals surface area contributed by atoms with Crippen molar-refractivity contribution < 1.29 is 27.4 Å². The molecule has 3 rings (SSSR count). The van der Waals surface area contributed by atoms with Crippen molar-refractivity contribution in [1.82, 2.24) is 4.90 Å². The average molecular weight is 419 g/mol. The molecule has 0 bridgehead atoms. The van der Waals surface area contributed by atoms with E-state index in [1.54, 1.807) is 43.4 Å². The van der Waals surface area contributed by atoms with Gasteiger partial charge in [0.1, 0.15) is 17.2 Å². The number of nitrogens with zero attached hydrogens (tertiary/aromatic N) is 1. The first-order chi connectivity index (χ1) is 13.9. The van der Waals surface area contributed by atoms with Crippen LogP contribution in [0.25, 0.3) is 0 Å². The molecule has 1 fully saturated rings. The van der Waals surface area contributed by atoms with Crippen LogP contribution in [0.2, 0.25) is 0 Å². The van der Waals surface area contributed by atoms with Gasteiger partial charge in [0, 0.05) is 12.6 Å². The second-order valence-electron chi connectivity index (χ2n) is 6.89. The standard InChI is InChI=1S/C21H25NO6S/c1-26-18-6-8-19(9-7-18)28-14-21(23)22(17-10-11-29(24,25)15-17)13-16-4-3-5-20(12-16)27-2/h3-9,12,17H,10-11,13-15H2,1-2H3/t17-/m1/s1. The van der Waals surface area contributed by atoms with E-state index in [0.29, 0.717) is 30.2 Å². The Balaban J connectivity index is 1.73. The molecule has 1 aliphatic heterocycles. The third-order valence-corrected chi connectivity index (χ3v) is 6.63. The zero-order chi connectivity index (χ0) is 20.9. The Morgan fingerprint density at radius 1 is 1.03 bits per heavy atom. The number of ether oxygens (including phenoxy) is 3. The number of methoxy groups -OCH3 is 2. The van der Waals surface area contributed by atoms with Crippen LogP contribution < -0.4 is 14.2 Å². The van der Waals surface area contributed by atoms with Gasteiger partial charge in [-0.2, -0.15) is 0 Å². The molecule has 0 saturated carbocycles. The number of carbonyl (C=O) groups excluding carboxylic acids is 1. The van der Waals surface area contributed by atoms with Gasteiger partial charge in [0.2, 0.25) is 0 Å². The van der Waals surface area contributed by atoms with Crippen molar-refractivity contribution >= 4 is 15.7 Å². The summed E-state index contributed by atoms with van der Waals surface area (Å²) >= 11 is 0. The molecule has 0 N–H and O–H groups in total. The lowest BCUT2D eigenvalue weighted by atomic mass is 10.1. The Kier molecular flexibility index (Phi) is 6.64. The minimum absolute atomic E-state index is 0.0226. The third kappa shape index (κ3) is 5.63. The predicted molar refractivity (Wildman–Crippen MR) is 109 cm³/mol. The average Bonchev–Trinajstić information content (AvgIpc) is 3.10. The Morgan fingerprint density at radius 2 is 1.72 bits per heavy atom. The van der Waals surface area contributed by atoms with Gasteiger partial charge in [-0.1, -0.05) is 12.1 Å². The van der Waals surface area contributed by atoms with Crippen molar-refractivity contribution in [2.24, 2.45) is 0 Å². The van der Waals surface area contributed by atoms with Crippen LogP contribution in [0.1, 0.15) is 12.0 Å². The quantitative estimate of drug-likeness (QED) is 0.653. The van der Waals surface area contributed by atoms with Gasteiger partial charge in [-0.3, -0.25) is 4.79 Å². The lowest BCUT2D eigenvalue weighted by Gasteiger charge is -2.28. The Morgan fingerprint density at radius 3 is 2.34 bits per heavy atom. The second kappa shape index (κ2) is 9.17. The first-order valence-electron chi connectivity index (χ1n) is 9.30. The van der Waals surface area contributed by atoms with Crippen LogP contribution in [-0.4, -0.2) is 57.6 Å². The molecule has 1 amide bonds. The molecule has 7 nitrogen and oxygen atoms in total. The van der Waals surface area contributed by atoms with Gasteiger partial charge in [0.05, 0.1) is 25.7 Å². The molecule has 29 heavy (non-hydrogen) atoms. The van der Waals surface area contributed by atoms with Crippen LogP contribution in [0.5, 0.6) is 17.2 Å². The maximum absolute atomic E-state index is 12.9. The van der Waals surface area contributed by atoms with Crippen LogP contribution in [0.4, 0.5) is 0 Å². The maximum Gasteiger partial charge on any atom is 0.261 e. The fraction of sp³-hybridized carbons (Fsp3) is 0.381. The number of benzene rings is 2. The highest BCUT2D eigenvalue weighted by atomic mass is 32.2. The van der Waals surface area contributed by atoms with Crippen molar-refractivity contribution in [3.63, 3.8) is 0 Å². The molecule has 156 valence electrons. The summed E-state index contributed by atoms with van der Waals surface area (Å²) in [5.41, 5.74) is 0.867. The molecule has 1 aliphatic rings. The summed E-state index contributed by atoms with van der Waals surface area (Å²) in [6, 6.07) is 14.0. The zero-order valence-corrected chi connectivity index (χ0v) is 17.4. The molecule has 2 aromatic carbocycles. The first-order valence-corrected chi connectivity index (χ1v) is 11.1. The SMILES string of the molecule is COc1ccc(OCC(=O)N(Cc2cccc(OC)c2)[C@@H]2CCS(=O)(=O)C2)cc1. The first kappa shape index (κ1) is 21.0. The van der Waals surface area contributed by atoms with Gasteiger partial charge in [-0.15, -0.1) is 0 Å². The van der Waals surface area contributed by atoms with E-state index in [9.17, 15) is 13.2 Å². The molecule has 0 aromatic heterocycles. The van der Waals surface area contributed by atoms with E-state index < -0.39 is 9.84 Å². The molecule has 8 heteroatoms. The highest BCUT2D eigenvalue weighted by molar-refractivity contribution is 7.91. The molecular formula is C21H25NO6S. The fourth-order valence-electron chi connectivity index (χ4n) is 3.31. The van der Waals surface area contributed by atoms with E-state index in [4.69, 9.17) is 14.2 Å². The Labute approximate surface area is 171 Å². The van der Waals surface area contributed by atoms with Gasteiger partial charge in [0.25, 0.3) is 5.91 Å². The summed E-state index contributed by atoms with van der Waals surface area (Å²) in [4.78, 5) is 14.5. The number of amides is 1. The summed E-state index contributed by atoms with van der Waals surface area (Å²) in [5, 5.41) is 0. The van der Waals surface area contributed by atoms with Gasteiger partial charge in [-0.05, 0) is 48.4 Å². The summed E-state index contributed by atoms with van der Waals surface area (Å²) in [6.45, 7) is 0.120. The highest BCUT2D eigenvalue weighted by Gasteiger charge is 2.34. The summed E-state index contributed by atoms with van der Waals surface area (Å²) < 4.78 is 39.9. The van der Waals surface area contributed by atoms with E-state index in [1.807, 2.05) is 24.3 Å². The Hall–Kier alpha value is -2.74. The minimum Gasteiger partial charge on any atom is -0.497 e. The second-order valence-corrected chi connectivity index (χ2v) is 9.12. The van der Waals surface area contributed by atoms with Gasteiger partial charge in [-0.25, -0.2) is 8.42 Å². The van der Waals surface area contributed by atoms with Gasteiger partial charge < -0.3 is 19.1 Å². The molecule has 0 unspecified atom stereocenters.